The van der Waals surface area contributed by atoms with E-state index in [1.807, 2.05) is 11.4 Å². The Balaban J connectivity index is 2.23. The highest BCUT2D eigenvalue weighted by molar-refractivity contribution is 7.10. The van der Waals surface area contributed by atoms with Gasteiger partial charge in [-0.05, 0) is 48.1 Å². The van der Waals surface area contributed by atoms with Crippen molar-refractivity contribution in [3.05, 3.63) is 56.5 Å². The first-order chi connectivity index (χ1) is 8.61. The Morgan fingerprint density at radius 2 is 2.22 bits per heavy atom. The van der Waals surface area contributed by atoms with Crippen LogP contribution in [0.25, 0.3) is 0 Å². The molecule has 1 atom stereocenters. The molecule has 96 valence electrons. The van der Waals surface area contributed by atoms with Gasteiger partial charge >= 0.3 is 0 Å². The van der Waals surface area contributed by atoms with Crippen molar-refractivity contribution >= 4 is 22.9 Å². The molecular formula is C13H14ClFN2S. The highest BCUT2D eigenvalue weighted by atomic mass is 35.5. The Kier molecular flexibility index (Phi) is 4.35. The molecule has 0 saturated heterocycles. The molecule has 3 N–H and O–H groups in total. The molecule has 0 aliphatic carbocycles. The van der Waals surface area contributed by atoms with Gasteiger partial charge in [0, 0.05) is 9.90 Å². The summed E-state index contributed by atoms with van der Waals surface area (Å²) < 4.78 is 13.0. The van der Waals surface area contributed by atoms with Gasteiger partial charge in [-0.2, -0.15) is 0 Å². The molecule has 1 heterocycles. The minimum atomic E-state index is -0.326. The second-order valence-corrected chi connectivity index (χ2v) is 5.62. The maximum absolute atomic E-state index is 13.0. The predicted octanol–water partition coefficient (Wildman–Crippen LogP) is 3.60. The minimum Gasteiger partial charge on any atom is -0.271 e. The molecule has 5 heteroatoms. The van der Waals surface area contributed by atoms with Crippen LogP contribution in [0, 0.1) is 12.7 Å². The number of aryl methyl sites for hydroxylation is 1. The van der Waals surface area contributed by atoms with E-state index >= 15 is 0 Å². The molecule has 2 aromatic rings. The molecule has 1 aromatic heterocycles. The average Bonchev–Trinajstić information content (AvgIpc) is 2.75. The second-order valence-electron chi connectivity index (χ2n) is 4.09. The highest BCUT2D eigenvalue weighted by Crippen LogP contribution is 2.27. The number of benzene rings is 1. The summed E-state index contributed by atoms with van der Waals surface area (Å²) in [5.41, 5.74) is 4.83. The number of nitrogens with one attached hydrogen (secondary N) is 1. The molecule has 0 aliphatic rings. The molecule has 0 saturated carbocycles. The highest BCUT2D eigenvalue weighted by Gasteiger charge is 2.15. The molecule has 18 heavy (non-hydrogen) atoms. The van der Waals surface area contributed by atoms with Gasteiger partial charge in [0.2, 0.25) is 0 Å². The SMILES string of the molecule is Cc1sccc1C(Cc1ccc(F)cc1Cl)NN. The zero-order chi connectivity index (χ0) is 13.1. The van der Waals surface area contributed by atoms with Crippen LogP contribution in [-0.4, -0.2) is 0 Å². The summed E-state index contributed by atoms with van der Waals surface area (Å²) in [6, 6.07) is 6.46. The maximum atomic E-state index is 13.0. The van der Waals surface area contributed by atoms with Crippen LogP contribution in [-0.2, 0) is 6.42 Å². The summed E-state index contributed by atoms with van der Waals surface area (Å²) in [4.78, 5) is 1.22. The van der Waals surface area contributed by atoms with Crippen molar-refractivity contribution in [2.24, 2.45) is 5.84 Å². The van der Waals surface area contributed by atoms with Gasteiger partial charge in [-0.25, -0.2) is 4.39 Å². The first kappa shape index (κ1) is 13.5. The summed E-state index contributed by atoms with van der Waals surface area (Å²) in [6.07, 6.45) is 0.632. The van der Waals surface area contributed by atoms with E-state index in [-0.39, 0.29) is 11.9 Å². The largest absolute Gasteiger partial charge is 0.271 e. The van der Waals surface area contributed by atoms with E-state index in [1.54, 1.807) is 17.4 Å². The fourth-order valence-electron chi connectivity index (χ4n) is 1.92. The monoisotopic (exact) mass is 284 g/mol. The topological polar surface area (TPSA) is 38.0 Å². The van der Waals surface area contributed by atoms with E-state index in [4.69, 9.17) is 17.4 Å². The number of hydrazine groups is 1. The lowest BCUT2D eigenvalue weighted by Crippen LogP contribution is -2.29. The van der Waals surface area contributed by atoms with Crippen LogP contribution in [0.2, 0.25) is 5.02 Å². The average molecular weight is 285 g/mol. The van der Waals surface area contributed by atoms with Crippen molar-refractivity contribution < 1.29 is 4.39 Å². The fraction of sp³-hybridized carbons (Fsp3) is 0.231. The van der Waals surface area contributed by atoms with Crippen molar-refractivity contribution in [3.63, 3.8) is 0 Å². The molecule has 2 rings (SSSR count). The number of rotatable bonds is 4. The van der Waals surface area contributed by atoms with Gasteiger partial charge in [-0.15, -0.1) is 11.3 Å². The number of hydrogen-bond donors (Lipinski definition) is 2. The lowest BCUT2D eigenvalue weighted by Gasteiger charge is -2.17. The van der Waals surface area contributed by atoms with Gasteiger partial charge in [0.05, 0.1) is 6.04 Å². The van der Waals surface area contributed by atoms with Crippen molar-refractivity contribution in [2.75, 3.05) is 0 Å². The standard InChI is InChI=1S/C13H14ClFN2S/c1-8-11(4-5-18-8)13(17-16)6-9-2-3-10(15)7-12(9)14/h2-5,7,13,17H,6,16H2,1H3. The van der Waals surface area contributed by atoms with Gasteiger partial charge in [0.1, 0.15) is 5.82 Å². The van der Waals surface area contributed by atoms with E-state index in [0.717, 1.165) is 11.1 Å². The zero-order valence-corrected chi connectivity index (χ0v) is 11.5. The summed E-state index contributed by atoms with van der Waals surface area (Å²) >= 11 is 7.70. The van der Waals surface area contributed by atoms with Crippen LogP contribution in [0.1, 0.15) is 22.0 Å². The van der Waals surface area contributed by atoms with E-state index in [0.29, 0.717) is 11.4 Å². The molecule has 0 fully saturated rings. The molecule has 0 bridgehead atoms. The minimum absolute atomic E-state index is 0.0146. The Labute approximate surface area is 115 Å². The third-order valence-corrected chi connectivity index (χ3v) is 4.13. The van der Waals surface area contributed by atoms with Gasteiger partial charge in [0.25, 0.3) is 0 Å². The van der Waals surface area contributed by atoms with E-state index in [9.17, 15) is 4.39 Å². The molecule has 1 aromatic carbocycles. The van der Waals surface area contributed by atoms with Crippen molar-refractivity contribution in [1.29, 1.82) is 0 Å². The molecule has 1 unspecified atom stereocenters. The smallest absolute Gasteiger partial charge is 0.124 e. The number of nitrogens with two attached hydrogens (primary N) is 1. The lowest BCUT2D eigenvalue weighted by molar-refractivity contribution is 0.550. The quantitative estimate of drug-likeness (QED) is 0.665. The summed E-state index contributed by atoms with van der Waals surface area (Å²) in [5.74, 6) is 5.27. The molecule has 0 spiro atoms. The van der Waals surface area contributed by atoms with Crippen LogP contribution < -0.4 is 11.3 Å². The number of halogens is 2. The first-order valence-corrected chi connectivity index (χ1v) is 6.81. The van der Waals surface area contributed by atoms with Gasteiger partial charge in [-0.3, -0.25) is 11.3 Å². The van der Waals surface area contributed by atoms with Gasteiger partial charge in [0.15, 0.2) is 0 Å². The maximum Gasteiger partial charge on any atom is 0.124 e. The van der Waals surface area contributed by atoms with Crippen LogP contribution >= 0.6 is 22.9 Å². The molecule has 0 aliphatic heterocycles. The Morgan fingerprint density at radius 1 is 1.44 bits per heavy atom. The Morgan fingerprint density at radius 3 is 2.78 bits per heavy atom. The van der Waals surface area contributed by atoms with Crippen LogP contribution in [0.15, 0.2) is 29.6 Å². The first-order valence-electron chi connectivity index (χ1n) is 5.56. The molecule has 2 nitrogen and oxygen atoms in total. The third kappa shape index (κ3) is 2.90. The molecule has 0 radical (unpaired) electrons. The predicted molar refractivity (Wildman–Crippen MR) is 74.2 cm³/mol. The lowest BCUT2D eigenvalue weighted by atomic mass is 10.00. The Hall–Kier alpha value is -0.940. The van der Waals surface area contributed by atoms with Gasteiger partial charge < -0.3 is 0 Å². The van der Waals surface area contributed by atoms with E-state index < -0.39 is 0 Å². The summed E-state index contributed by atoms with van der Waals surface area (Å²) in [7, 11) is 0. The zero-order valence-electron chi connectivity index (χ0n) is 9.91. The van der Waals surface area contributed by atoms with Gasteiger partial charge in [-0.1, -0.05) is 17.7 Å². The summed E-state index contributed by atoms with van der Waals surface area (Å²) in [5, 5.41) is 2.46. The van der Waals surface area contributed by atoms with Crippen molar-refractivity contribution in [3.8, 4) is 0 Å². The fourth-order valence-corrected chi connectivity index (χ4v) is 2.93. The Bertz CT molecular complexity index is 542. The summed E-state index contributed by atoms with van der Waals surface area (Å²) in [6.45, 7) is 2.05. The third-order valence-electron chi connectivity index (χ3n) is 2.91. The number of thiophene rings is 1. The second kappa shape index (κ2) is 5.80. The van der Waals surface area contributed by atoms with E-state index in [2.05, 4.69) is 12.3 Å². The van der Waals surface area contributed by atoms with Crippen LogP contribution in [0.4, 0.5) is 4.39 Å². The van der Waals surface area contributed by atoms with Crippen molar-refractivity contribution in [1.82, 2.24) is 5.43 Å². The van der Waals surface area contributed by atoms with E-state index in [1.165, 1.54) is 17.0 Å². The van der Waals surface area contributed by atoms with Crippen LogP contribution in [0.5, 0.6) is 0 Å². The number of hydrogen-bond acceptors (Lipinski definition) is 3. The molecule has 0 amide bonds. The van der Waals surface area contributed by atoms with Crippen molar-refractivity contribution in [2.45, 2.75) is 19.4 Å². The molecular weight excluding hydrogens is 271 g/mol. The normalized spacial score (nSPS) is 12.7. The van der Waals surface area contributed by atoms with Crippen LogP contribution in [0.3, 0.4) is 0 Å².